The Hall–Kier alpha value is -2.58. The minimum atomic E-state index is -0.357. The highest BCUT2D eigenvalue weighted by Gasteiger charge is 2.13. The number of pyridine rings is 1. The largest absolute Gasteiger partial charge is 0.493 e. The Morgan fingerprint density at radius 2 is 1.90 bits per heavy atom. The summed E-state index contributed by atoms with van der Waals surface area (Å²) in [6.07, 6.45) is 0. The van der Waals surface area contributed by atoms with Crippen molar-refractivity contribution in [3.8, 4) is 17.6 Å². The van der Waals surface area contributed by atoms with Gasteiger partial charge in [-0.2, -0.15) is 5.26 Å². The summed E-state index contributed by atoms with van der Waals surface area (Å²) in [7, 11) is 3.95. The van der Waals surface area contributed by atoms with Gasteiger partial charge in [-0.3, -0.25) is 4.79 Å². The molecule has 0 bridgehead atoms. The summed E-state index contributed by atoms with van der Waals surface area (Å²) in [6, 6.07) is 10.6. The normalized spacial score (nSPS) is 10.6. The van der Waals surface area contributed by atoms with Crippen LogP contribution in [0.5, 0.6) is 5.88 Å². The molecule has 1 heterocycles. The van der Waals surface area contributed by atoms with Crippen molar-refractivity contribution in [2.45, 2.75) is 13.5 Å². The van der Waals surface area contributed by atoms with Gasteiger partial charge in [0.25, 0.3) is 5.56 Å². The molecule has 2 rings (SSSR count). The second-order valence-electron chi connectivity index (χ2n) is 5.22. The SMILES string of the molecule is Cc1cc(=O)n(-c2ccc(CN(C)C)cc2)c(O)c1C#N. The maximum Gasteiger partial charge on any atom is 0.258 e. The standard InChI is InChI=1S/C16H17N3O2/c1-11-8-15(20)19(16(21)14(11)9-17)13-6-4-12(5-7-13)10-18(2)3/h4-8,21H,10H2,1-3H3. The lowest BCUT2D eigenvalue weighted by atomic mass is 10.1. The number of benzene rings is 1. The van der Waals surface area contributed by atoms with Crippen molar-refractivity contribution in [1.82, 2.24) is 9.47 Å². The van der Waals surface area contributed by atoms with Crippen molar-refractivity contribution in [2.75, 3.05) is 14.1 Å². The molecule has 0 unspecified atom stereocenters. The smallest absolute Gasteiger partial charge is 0.258 e. The molecule has 0 radical (unpaired) electrons. The number of aryl methyl sites for hydroxylation is 1. The number of aromatic hydroxyl groups is 1. The van der Waals surface area contributed by atoms with Crippen LogP contribution < -0.4 is 5.56 Å². The molecule has 0 spiro atoms. The first-order chi connectivity index (χ1) is 9.93. The molecule has 0 aliphatic rings. The Bertz CT molecular complexity index is 753. The Morgan fingerprint density at radius 3 is 2.43 bits per heavy atom. The second-order valence-corrected chi connectivity index (χ2v) is 5.22. The number of hydrogen-bond donors (Lipinski definition) is 1. The average Bonchev–Trinajstić information content (AvgIpc) is 2.40. The first kappa shape index (κ1) is 14.8. The fraction of sp³-hybridized carbons (Fsp3) is 0.250. The quantitative estimate of drug-likeness (QED) is 0.932. The molecular weight excluding hydrogens is 266 g/mol. The minimum absolute atomic E-state index is 0.118. The molecule has 21 heavy (non-hydrogen) atoms. The van der Waals surface area contributed by atoms with Crippen LogP contribution in [-0.2, 0) is 6.54 Å². The van der Waals surface area contributed by atoms with Gasteiger partial charge in [0, 0.05) is 12.6 Å². The van der Waals surface area contributed by atoms with Crippen molar-refractivity contribution >= 4 is 0 Å². The molecule has 0 amide bonds. The molecule has 0 saturated heterocycles. The third-order valence-electron chi connectivity index (χ3n) is 3.20. The highest BCUT2D eigenvalue weighted by molar-refractivity contribution is 5.48. The van der Waals surface area contributed by atoms with Gasteiger partial charge in [-0.1, -0.05) is 12.1 Å². The first-order valence-electron chi connectivity index (χ1n) is 6.54. The van der Waals surface area contributed by atoms with Crippen molar-refractivity contribution < 1.29 is 5.11 Å². The van der Waals surface area contributed by atoms with Crippen LogP contribution in [0.2, 0.25) is 0 Å². The summed E-state index contributed by atoms with van der Waals surface area (Å²) < 4.78 is 1.14. The number of rotatable bonds is 3. The summed E-state index contributed by atoms with van der Waals surface area (Å²) in [5, 5.41) is 19.2. The van der Waals surface area contributed by atoms with Crippen LogP contribution in [0.25, 0.3) is 5.69 Å². The highest BCUT2D eigenvalue weighted by Crippen LogP contribution is 2.21. The predicted molar refractivity (Wildman–Crippen MR) is 80.5 cm³/mol. The third-order valence-corrected chi connectivity index (χ3v) is 3.20. The Kier molecular flexibility index (Phi) is 4.10. The van der Waals surface area contributed by atoms with Crippen LogP contribution in [0.15, 0.2) is 35.1 Å². The average molecular weight is 283 g/mol. The van der Waals surface area contributed by atoms with E-state index in [1.54, 1.807) is 19.1 Å². The zero-order chi connectivity index (χ0) is 15.6. The number of nitriles is 1. The van der Waals surface area contributed by atoms with E-state index in [2.05, 4.69) is 0 Å². The molecule has 0 aliphatic carbocycles. The van der Waals surface area contributed by atoms with Gasteiger partial charge in [0.05, 0.1) is 5.69 Å². The Labute approximate surface area is 123 Å². The minimum Gasteiger partial charge on any atom is -0.493 e. The van der Waals surface area contributed by atoms with E-state index < -0.39 is 0 Å². The van der Waals surface area contributed by atoms with Gasteiger partial charge in [-0.05, 0) is 44.3 Å². The number of aromatic nitrogens is 1. The zero-order valence-electron chi connectivity index (χ0n) is 12.3. The van der Waals surface area contributed by atoms with Crippen molar-refractivity contribution in [2.24, 2.45) is 0 Å². The fourth-order valence-electron chi connectivity index (χ4n) is 2.22. The lowest BCUT2D eigenvalue weighted by molar-refractivity contribution is 0.402. The Balaban J connectivity index is 2.53. The third kappa shape index (κ3) is 2.96. The van der Waals surface area contributed by atoms with E-state index in [0.29, 0.717) is 11.3 Å². The van der Waals surface area contributed by atoms with E-state index in [9.17, 15) is 9.90 Å². The molecule has 1 N–H and O–H groups in total. The summed E-state index contributed by atoms with van der Waals surface area (Å²) in [5.74, 6) is -0.317. The van der Waals surface area contributed by atoms with Crippen LogP contribution in [-0.4, -0.2) is 28.7 Å². The van der Waals surface area contributed by atoms with E-state index >= 15 is 0 Å². The molecule has 1 aromatic heterocycles. The second kappa shape index (κ2) is 5.81. The van der Waals surface area contributed by atoms with Gasteiger partial charge < -0.3 is 10.0 Å². The van der Waals surface area contributed by atoms with Crippen LogP contribution in [0.3, 0.4) is 0 Å². The summed E-state index contributed by atoms with van der Waals surface area (Å²) >= 11 is 0. The van der Waals surface area contributed by atoms with Gasteiger partial charge in [0.1, 0.15) is 11.6 Å². The molecule has 0 atom stereocenters. The molecule has 0 aliphatic heterocycles. The molecule has 0 fully saturated rings. The Morgan fingerprint density at radius 1 is 1.29 bits per heavy atom. The summed E-state index contributed by atoms with van der Waals surface area (Å²) in [6.45, 7) is 2.42. The lowest BCUT2D eigenvalue weighted by Crippen LogP contribution is -2.19. The molecule has 5 heteroatoms. The summed E-state index contributed by atoms with van der Waals surface area (Å²) in [4.78, 5) is 14.1. The summed E-state index contributed by atoms with van der Waals surface area (Å²) in [5.41, 5.74) is 1.87. The molecule has 2 aromatic rings. The molecular formula is C16H17N3O2. The van der Waals surface area contributed by atoms with Crippen molar-refractivity contribution in [1.29, 1.82) is 5.26 Å². The monoisotopic (exact) mass is 283 g/mol. The van der Waals surface area contributed by atoms with Gasteiger partial charge in [0.15, 0.2) is 0 Å². The van der Waals surface area contributed by atoms with Crippen molar-refractivity contribution in [3.63, 3.8) is 0 Å². The van der Waals surface area contributed by atoms with Gasteiger partial charge in [-0.15, -0.1) is 0 Å². The van der Waals surface area contributed by atoms with Crippen molar-refractivity contribution in [3.05, 3.63) is 57.4 Å². The van der Waals surface area contributed by atoms with Crippen LogP contribution >= 0.6 is 0 Å². The molecule has 1 aromatic carbocycles. The fourth-order valence-corrected chi connectivity index (χ4v) is 2.22. The van der Waals surface area contributed by atoms with E-state index in [1.807, 2.05) is 37.2 Å². The zero-order valence-corrected chi connectivity index (χ0v) is 12.3. The van der Waals surface area contributed by atoms with E-state index in [0.717, 1.165) is 16.7 Å². The lowest BCUT2D eigenvalue weighted by Gasteiger charge is -2.13. The van der Waals surface area contributed by atoms with Crippen LogP contribution in [0.4, 0.5) is 0 Å². The maximum atomic E-state index is 12.1. The molecule has 5 nitrogen and oxygen atoms in total. The number of nitrogens with zero attached hydrogens (tertiary/aromatic N) is 3. The highest BCUT2D eigenvalue weighted by atomic mass is 16.3. The van der Waals surface area contributed by atoms with E-state index in [1.165, 1.54) is 6.07 Å². The molecule has 108 valence electrons. The van der Waals surface area contributed by atoms with E-state index in [-0.39, 0.29) is 17.0 Å². The maximum absolute atomic E-state index is 12.1. The van der Waals surface area contributed by atoms with Crippen LogP contribution in [0.1, 0.15) is 16.7 Å². The topological polar surface area (TPSA) is 69.3 Å². The number of hydrogen-bond acceptors (Lipinski definition) is 4. The molecule has 0 saturated carbocycles. The first-order valence-corrected chi connectivity index (χ1v) is 6.54. The predicted octanol–water partition coefficient (Wildman–Crippen LogP) is 1.78. The van der Waals surface area contributed by atoms with Crippen LogP contribution in [0, 0.1) is 18.3 Å². The van der Waals surface area contributed by atoms with E-state index in [4.69, 9.17) is 5.26 Å². The van der Waals surface area contributed by atoms with Gasteiger partial charge in [-0.25, -0.2) is 4.57 Å². The van der Waals surface area contributed by atoms with Gasteiger partial charge in [0.2, 0.25) is 5.88 Å². The van der Waals surface area contributed by atoms with Gasteiger partial charge >= 0.3 is 0 Å².